The van der Waals surface area contributed by atoms with Gasteiger partial charge in [0.25, 0.3) is 5.56 Å². The van der Waals surface area contributed by atoms with E-state index < -0.39 is 0 Å². The van der Waals surface area contributed by atoms with Crippen LogP contribution < -0.4 is 5.56 Å². The lowest BCUT2D eigenvalue weighted by Crippen LogP contribution is -2.17. The van der Waals surface area contributed by atoms with E-state index in [0.29, 0.717) is 13.0 Å². The summed E-state index contributed by atoms with van der Waals surface area (Å²) in [6.07, 6.45) is 4.10. The molecule has 2 heterocycles. The second-order valence-electron chi connectivity index (χ2n) is 3.65. The van der Waals surface area contributed by atoms with E-state index in [1.165, 1.54) is 6.07 Å². The summed E-state index contributed by atoms with van der Waals surface area (Å²) in [5.74, 6) is 5.97. The molecule has 4 heteroatoms. The molecular weight excluding hydrogens is 292 g/mol. The first-order valence-corrected chi connectivity index (χ1v) is 6.31. The molecule has 90 valence electrons. The molecule has 0 N–H and O–H groups in total. The summed E-state index contributed by atoms with van der Waals surface area (Å²) in [6.45, 7) is 0.581. The molecule has 0 aliphatic heterocycles. The first-order valence-electron chi connectivity index (χ1n) is 5.51. The van der Waals surface area contributed by atoms with Gasteiger partial charge in [-0.05, 0) is 40.0 Å². The van der Waals surface area contributed by atoms with Gasteiger partial charge < -0.3 is 4.57 Å². The Labute approximate surface area is 114 Å². The number of rotatable bonds is 2. The fraction of sp³-hybridized carbons (Fsp3) is 0.143. The molecule has 0 aliphatic carbocycles. The topological polar surface area (TPSA) is 34.9 Å². The van der Waals surface area contributed by atoms with Crippen LogP contribution in [0, 0.1) is 11.8 Å². The number of pyridine rings is 2. The van der Waals surface area contributed by atoms with Gasteiger partial charge in [-0.3, -0.25) is 4.79 Å². The normalized spacial score (nSPS) is 9.61. The predicted octanol–water partition coefficient (Wildman–Crippen LogP) is 2.45. The third kappa shape index (κ3) is 3.57. The van der Waals surface area contributed by atoms with Crippen LogP contribution in [-0.4, -0.2) is 9.55 Å². The van der Waals surface area contributed by atoms with E-state index in [2.05, 4.69) is 32.8 Å². The Hall–Kier alpha value is -1.86. The van der Waals surface area contributed by atoms with Gasteiger partial charge in [-0.15, -0.1) is 0 Å². The monoisotopic (exact) mass is 302 g/mol. The van der Waals surface area contributed by atoms with Gasteiger partial charge in [0, 0.05) is 35.9 Å². The molecule has 2 rings (SSSR count). The Morgan fingerprint density at radius 1 is 1.28 bits per heavy atom. The minimum Gasteiger partial charge on any atom is -0.313 e. The van der Waals surface area contributed by atoms with Crippen LogP contribution >= 0.6 is 15.9 Å². The summed E-state index contributed by atoms with van der Waals surface area (Å²) >= 11 is 3.34. The van der Waals surface area contributed by atoms with Crippen LogP contribution in [0.25, 0.3) is 0 Å². The summed E-state index contributed by atoms with van der Waals surface area (Å²) in [7, 11) is 0. The molecule has 0 saturated heterocycles. The van der Waals surface area contributed by atoms with Crippen molar-refractivity contribution in [3.8, 4) is 11.8 Å². The highest BCUT2D eigenvalue weighted by molar-refractivity contribution is 9.10. The Kier molecular flexibility index (Phi) is 4.32. The Morgan fingerprint density at radius 2 is 2.17 bits per heavy atom. The standard InChI is InChI=1S/C14H11BrN2O/c15-12-7-8-14(18)17(11-12)10-4-2-6-13-5-1-3-9-16-13/h1,3,5,7-9,11H,4,10H2. The minimum atomic E-state index is -0.0159. The molecule has 0 fully saturated rings. The lowest BCUT2D eigenvalue weighted by atomic mass is 10.3. The molecule has 3 nitrogen and oxygen atoms in total. The first kappa shape index (κ1) is 12.6. The zero-order valence-electron chi connectivity index (χ0n) is 9.64. The number of nitrogens with zero attached hydrogens (tertiary/aromatic N) is 2. The predicted molar refractivity (Wildman–Crippen MR) is 74.1 cm³/mol. The maximum atomic E-state index is 11.5. The number of hydrogen-bond donors (Lipinski definition) is 0. The molecule has 0 saturated carbocycles. The van der Waals surface area contributed by atoms with Crippen molar-refractivity contribution >= 4 is 15.9 Å². The minimum absolute atomic E-state index is 0.0159. The highest BCUT2D eigenvalue weighted by atomic mass is 79.9. The molecule has 0 aliphatic rings. The van der Waals surface area contributed by atoms with Gasteiger partial charge in [0.2, 0.25) is 0 Å². The van der Waals surface area contributed by atoms with E-state index in [-0.39, 0.29) is 5.56 Å². The van der Waals surface area contributed by atoms with Crippen molar-refractivity contribution in [2.75, 3.05) is 0 Å². The van der Waals surface area contributed by atoms with E-state index in [9.17, 15) is 4.79 Å². The molecule has 0 unspecified atom stereocenters. The van der Waals surface area contributed by atoms with Crippen molar-refractivity contribution < 1.29 is 0 Å². The third-order valence-corrected chi connectivity index (χ3v) is 2.78. The highest BCUT2D eigenvalue weighted by Crippen LogP contribution is 2.04. The van der Waals surface area contributed by atoms with Crippen LogP contribution in [0.5, 0.6) is 0 Å². The van der Waals surface area contributed by atoms with Gasteiger partial charge in [0.1, 0.15) is 5.69 Å². The molecule has 0 spiro atoms. The van der Waals surface area contributed by atoms with Crippen molar-refractivity contribution in [2.45, 2.75) is 13.0 Å². The van der Waals surface area contributed by atoms with Crippen molar-refractivity contribution in [1.29, 1.82) is 0 Å². The maximum absolute atomic E-state index is 11.5. The Balaban J connectivity index is 1.99. The van der Waals surface area contributed by atoms with E-state index in [0.717, 1.165) is 10.2 Å². The summed E-state index contributed by atoms with van der Waals surface area (Å²) in [6, 6.07) is 8.88. The quantitative estimate of drug-likeness (QED) is 0.799. The van der Waals surface area contributed by atoms with Crippen LogP contribution in [0.4, 0.5) is 0 Å². The van der Waals surface area contributed by atoms with Gasteiger partial charge in [0.15, 0.2) is 0 Å². The smallest absolute Gasteiger partial charge is 0.250 e. The molecule has 0 aromatic carbocycles. The van der Waals surface area contributed by atoms with Crippen molar-refractivity contribution in [1.82, 2.24) is 9.55 Å². The molecule has 0 amide bonds. The number of hydrogen-bond acceptors (Lipinski definition) is 2. The summed E-state index contributed by atoms with van der Waals surface area (Å²) in [5, 5.41) is 0. The van der Waals surface area contributed by atoms with Crippen molar-refractivity contribution in [3.05, 3.63) is 63.2 Å². The molecule has 0 atom stereocenters. The van der Waals surface area contributed by atoms with E-state index in [1.54, 1.807) is 23.0 Å². The molecule has 0 bridgehead atoms. The van der Waals surface area contributed by atoms with Gasteiger partial charge >= 0.3 is 0 Å². The van der Waals surface area contributed by atoms with Crippen molar-refractivity contribution in [3.63, 3.8) is 0 Å². The fourth-order valence-corrected chi connectivity index (χ4v) is 1.82. The first-order chi connectivity index (χ1) is 8.75. The number of halogens is 1. The molecule has 0 radical (unpaired) electrons. The summed E-state index contributed by atoms with van der Waals surface area (Å²) in [5.41, 5.74) is 0.733. The average Bonchev–Trinajstić information content (AvgIpc) is 2.40. The SMILES string of the molecule is O=c1ccc(Br)cn1CCC#Cc1ccccn1. The van der Waals surface area contributed by atoms with E-state index >= 15 is 0 Å². The Morgan fingerprint density at radius 3 is 2.94 bits per heavy atom. The van der Waals surface area contributed by atoms with Crippen LogP contribution in [0.1, 0.15) is 12.1 Å². The second kappa shape index (κ2) is 6.18. The molecule has 2 aromatic heterocycles. The fourth-order valence-electron chi connectivity index (χ4n) is 1.44. The zero-order chi connectivity index (χ0) is 12.8. The van der Waals surface area contributed by atoms with E-state index in [4.69, 9.17) is 0 Å². The number of aryl methyl sites for hydroxylation is 1. The number of aromatic nitrogens is 2. The van der Waals surface area contributed by atoms with Gasteiger partial charge in [-0.2, -0.15) is 0 Å². The molecular formula is C14H11BrN2O. The maximum Gasteiger partial charge on any atom is 0.250 e. The second-order valence-corrected chi connectivity index (χ2v) is 4.56. The van der Waals surface area contributed by atoms with Gasteiger partial charge in [-0.1, -0.05) is 12.0 Å². The van der Waals surface area contributed by atoms with Crippen LogP contribution in [-0.2, 0) is 6.54 Å². The summed E-state index contributed by atoms with van der Waals surface area (Å²) in [4.78, 5) is 15.6. The van der Waals surface area contributed by atoms with Crippen molar-refractivity contribution in [2.24, 2.45) is 0 Å². The van der Waals surface area contributed by atoms with Gasteiger partial charge in [0.05, 0.1) is 0 Å². The largest absolute Gasteiger partial charge is 0.313 e. The molecule has 18 heavy (non-hydrogen) atoms. The Bertz CT molecular complexity index is 638. The van der Waals surface area contributed by atoms with Crippen LogP contribution in [0.2, 0.25) is 0 Å². The zero-order valence-corrected chi connectivity index (χ0v) is 11.2. The third-order valence-electron chi connectivity index (χ3n) is 2.31. The average molecular weight is 303 g/mol. The lowest BCUT2D eigenvalue weighted by Gasteiger charge is -2.01. The lowest BCUT2D eigenvalue weighted by molar-refractivity contribution is 0.687. The molecule has 2 aromatic rings. The van der Waals surface area contributed by atoms with Gasteiger partial charge in [-0.25, -0.2) is 4.98 Å². The summed E-state index contributed by atoms with van der Waals surface area (Å²) < 4.78 is 2.52. The van der Waals surface area contributed by atoms with Crippen LogP contribution in [0.15, 0.2) is 52.0 Å². The highest BCUT2D eigenvalue weighted by Gasteiger charge is 1.95. The van der Waals surface area contributed by atoms with Crippen LogP contribution in [0.3, 0.4) is 0 Å². The van der Waals surface area contributed by atoms with E-state index in [1.807, 2.05) is 18.2 Å².